The van der Waals surface area contributed by atoms with Gasteiger partial charge in [0.05, 0.1) is 0 Å². The number of hydrogen-bond acceptors (Lipinski definition) is 7. The van der Waals surface area contributed by atoms with Gasteiger partial charge in [-0.1, -0.05) is 0 Å². The second-order valence-electron chi connectivity index (χ2n) is 5.88. The fourth-order valence-electron chi connectivity index (χ4n) is 2.60. The highest BCUT2D eigenvalue weighted by Gasteiger charge is 2.17. The third-order valence-electron chi connectivity index (χ3n) is 3.95. The van der Waals surface area contributed by atoms with Crippen LogP contribution in [-0.4, -0.2) is 35.4 Å². The predicted molar refractivity (Wildman–Crippen MR) is 95.9 cm³/mol. The van der Waals surface area contributed by atoms with Gasteiger partial charge < -0.3 is 23.9 Å². The van der Waals surface area contributed by atoms with E-state index >= 15 is 0 Å². The molecule has 1 aliphatic heterocycles. The van der Waals surface area contributed by atoms with Gasteiger partial charge in [0.15, 0.2) is 17.6 Å². The maximum Gasteiger partial charge on any atom is 0.265 e. The van der Waals surface area contributed by atoms with E-state index in [1.54, 1.807) is 49.4 Å². The van der Waals surface area contributed by atoms with Crippen molar-refractivity contribution in [1.29, 1.82) is 0 Å². The smallest absolute Gasteiger partial charge is 0.265 e. The van der Waals surface area contributed by atoms with Gasteiger partial charge in [-0.05, 0) is 43.3 Å². The summed E-state index contributed by atoms with van der Waals surface area (Å²) in [4.78, 5) is 12.4. The molecule has 0 spiro atoms. The van der Waals surface area contributed by atoms with Crippen LogP contribution in [0.2, 0.25) is 0 Å². The van der Waals surface area contributed by atoms with Crippen molar-refractivity contribution < 1.29 is 23.4 Å². The summed E-state index contributed by atoms with van der Waals surface area (Å²) < 4.78 is 21.8. The van der Waals surface area contributed by atoms with Crippen molar-refractivity contribution in [3.63, 3.8) is 0 Å². The molecule has 2 aromatic carbocycles. The molecule has 0 aliphatic carbocycles. The largest absolute Gasteiger partial charge is 0.486 e. The van der Waals surface area contributed by atoms with Gasteiger partial charge in [-0.25, -0.2) is 0 Å². The van der Waals surface area contributed by atoms with Crippen molar-refractivity contribution >= 4 is 11.6 Å². The van der Waals surface area contributed by atoms with Gasteiger partial charge in [-0.15, -0.1) is 10.2 Å². The Bertz CT molecular complexity index is 925. The standard InChI is InChI=1S/C19H17N3O5/c1-12(27-15-5-2-13(3-6-15)19-22-20-11-26-19)18(23)21-14-4-7-16-17(10-14)25-9-8-24-16/h2-7,10-12H,8-9H2,1H3,(H,21,23)/t12-/m0/s1. The molecule has 1 N–H and O–H groups in total. The van der Waals surface area contributed by atoms with Crippen molar-refractivity contribution in [2.45, 2.75) is 13.0 Å². The van der Waals surface area contributed by atoms with E-state index < -0.39 is 6.10 Å². The minimum atomic E-state index is -0.688. The zero-order valence-electron chi connectivity index (χ0n) is 14.5. The molecular weight excluding hydrogens is 350 g/mol. The number of carbonyl (C=O) groups excluding carboxylic acids is 1. The van der Waals surface area contributed by atoms with E-state index in [0.29, 0.717) is 42.0 Å². The molecule has 0 unspecified atom stereocenters. The number of benzene rings is 2. The lowest BCUT2D eigenvalue weighted by Crippen LogP contribution is -2.30. The molecule has 3 aromatic rings. The number of nitrogens with zero attached hydrogens (tertiary/aromatic N) is 2. The molecule has 0 saturated carbocycles. The number of fused-ring (bicyclic) bond motifs is 1. The van der Waals surface area contributed by atoms with Crippen LogP contribution in [0.4, 0.5) is 5.69 Å². The zero-order valence-corrected chi connectivity index (χ0v) is 14.5. The third kappa shape index (κ3) is 3.84. The van der Waals surface area contributed by atoms with Crippen molar-refractivity contribution in [2.75, 3.05) is 18.5 Å². The van der Waals surface area contributed by atoms with Crippen LogP contribution in [0.15, 0.2) is 53.3 Å². The normalized spacial score (nSPS) is 13.7. The first-order chi connectivity index (χ1) is 13.2. The van der Waals surface area contributed by atoms with Crippen LogP contribution in [0.3, 0.4) is 0 Å². The van der Waals surface area contributed by atoms with Crippen LogP contribution in [0, 0.1) is 0 Å². The van der Waals surface area contributed by atoms with Gasteiger partial charge in [-0.2, -0.15) is 0 Å². The summed E-state index contributed by atoms with van der Waals surface area (Å²) in [6, 6.07) is 12.3. The van der Waals surface area contributed by atoms with Crippen LogP contribution >= 0.6 is 0 Å². The molecule has 1 aliphatic rings. The van der Waals surface area contributed by atoms with Gasteiger partial charge in [0.25, 0.3) is 5.91 Å². The molecule has 4 rings (SSSR count). The molecule has 1 aromatic heterocycles. The van der Waals surface area contributed by atoms with Crippen LogP contribution in [-0.2, 0) is 4.79 Å². The van der Waals surface area contributed by atoms with E-state index in [-0.39, 0.29) is 5.91 Å². The molecule has 0 saturated heterocycles. The topological polar surface area (TPSA) is 95.7 Å². The van der Waals surface area contributed by atoms with Crippen molar-refractivity contribution in [3.8, 4) is 28.7 Å². The average Bonchev–Trinajstić information content (AvgIpc) is 3.23. The average molecular weight is 367 g/mol. The van der Waals surface area contributed by atoms with E-state index in [2.05, 4.69) is 15.5 Å². The summed E-state index contributed by atoms with van der Waals surface area (Å²) in [5.74, 6) is 2.00. The molecule has 138 valence electrons. The second-order valence-corrected chi connectivity index (χ2v) is 5.88. The minimum Gasteiger partial charge on any atom is -0.486 e. The van der Waals surface area contributed by atoms with Gasteiger partial charge in [0.2, 0.25) is 12.3 Å². The number of anilines is 1. The van der Waals surface area contributed by atoms with Crippen molar-refractivity contribution in [1.82, 2.24) is 10.2 Å². The highest BCUT2D eigenvalue weighted by molar-refractivity contribution is 5.94. The number of rotatable bonds is 5. The van der Waals surface area contributed by atoms with Crippen LogP contribution in [0.1, 0.15) is 6.92 Å². The number of amides is 1. The summed E-state index contributed by atoms with van der Waals surface area (Å²) in [5.41, 5.74) is 1.39. The lowest BCUT2D eigenvalue weighted by molar-refractivity contribution is -0.122. The highest BCUT2D eigenvalue weighted by atomic mass is 16.6. The predicted octanol–water partition coefficient (Wildman–Crippen LogP) is 2.91. The first-order valence-corrected chi connectivity index (χ1v) is 8.43. The van der Waals surface area contributed by atoms with Gasteiger partial charge in [0.1, 0.15) is 19.0 Å². The Labute approximate surface area is 155 Å². The number of hydrogen-bond donors (Lipinski definition) is 1. The van der Waals surface area contributed by atoms with Crippen LogP contribution in [0.25, 0.3) is 11.5 Å². The SMILES string of the molecule is C[C@H](Oc1ccc(-c2nnco2)cc1)C(=O)Nc1ccc2c(c1)OCCO2. The highest BCUT2D eigenvalue weighted by Crippen LogP contribution is 2.32. The molecule has 1 atom stereocenters. The van der Waals surface area contributed by atoms with E-state index in [1.165, 1.54) is 6.39 Å². The molecule has 0 fully saturated rings. The Kier molecular flexibility index (Phi) is 4.61. The van der Waals surface area contributed by atoms with E-state index in [4.69, 9.17) is 18.6 Å². The third-order valence-corrected chi connectivity index (χ3v) is 3.95. The molecule has 8 heteroatoms. The minimum absolute atomic E-state index is 0.271. The van der Waals surface area contributed by atoms with E-state index in [0.717, 1.165) is 5.56 Å². The van der Waals surface area contributed by atoms with Crippen molar-refractivity contribution in [2.24, 2.45) is 0 Å². The first-order valence-electron chi connectivity index (χ1n) is 8.43. The molecule has 27 heavy (non-hydrogen) atoms. The van der Waals surface area contributed by atoms with Crippen LogP contribution in [0.5, 0.6) is 17.2 Å². The Hall–Kier alpha value is -3.55. The Morgan fingerprint density at radius 2 is 1.89 bits per heavy atom. The summed E-state index contributed by atoms with van der Waals surface area (Å²) in [6.45, 7) is 2.69. The van der Waals surface area contributed by atoms with E-state index in [9.17, 15) is 4.79 Å². The zero-order chi connectivity index (χ0) is 18.6. The molecule has 0 bridgehead atoms. The molecule has 8 nitrogen and oxygen atoms in total. The maximum atomic E-state index is 12.4. The number of carbonyl (C=O) groups is 1. The summed E-state index contributed by atoms with van der Waals surface area (Å²) in [7, 11) is 0. The van der Waals surface area contributed by atoms with Crippen LogP contribution < -0.4 is 19.5 Å². The summed E-state index contributed by atoms with van der Waals surface area (Å²) in [5, 5.41) is 10.3. The van der Waals surface area contributed by atoms with Crippen molar-refractivity contribution in [3.05, 3.63) is 48.9 Å². The Balaban J connectivity index is 1.38. The monoisotopic (exact) mass is 367 g/mol. The number of aromatic nitrogens is 2. The van der Waals surface area contributed by atoms with E-state index in [1.807, 2.05) is 0 Å². The Morgan fingerprint density at radius 3 is 2.63 bits per heavy atom. The molecular formula is C19H17N3O5. The summed E-state index contributed by atoms with van der Waals surface area (Å²) in [6.07, 6.45) is 0.580. The fourth-order valence-corrected chi connectivity index (χ4v) is 2.60. The summed E-state index contributed by atoms with van der Waals surface area (Å²) >= 11 is 0. The quantitative estimate of drug-likeness (QED) is 0.741. The Morgan fingerprint density at radius 1 is 1.11 bits per heavy atom. The number of ether oxygens (including phenoxy) is 3. The number of nitrogens with one attached hydrogen (secondary N) is 1. The fraction of sp³-hybridized carbons (Fsp3) is 0.211. The lowest BCUT2D eigenvalue weighted by atomic mass is 10.2. The van der Waals surface area contributed by atoms with Gasteiger partial charge in [0, 0.05) is 17.3 Å². The second kappa shape index (κ2) is 7.36. The lowest BCUT2D eigenvalue weighted by Gasteiger charge is -2.19. The maximum absolute atomic E-state index is 12.4. The molecule has 0 radical (unpaired) electrons. The molecule has 1 amide bonds. The van der Waals surface area contributed by atoms with Gasteiger partial charge >= 0.3 is 0 Å². The molecule has 2 heterocycles. The van der Waals surface area contributed by atoms with Gasteiger partial charge in [-0.3, -0.25) is 4.79 Å². The first kappa shape index (κ1) is 16.9.